The molecule has 0 bridgehead atoms. The van der Waals surface area contributed by atoms with Crippen LogP contribution in [0.3, 0.4) is 0 Å². The first kappa shape index (κ1) is 16.5. The van der Waals surface area contributed by atoms with Gasteiger partial charge in [-0.05, 0) is 44.2 Å². The standard InChI is InChI=1S/C18H37NSi/c1-6-7-14-20(5,19-18(2,3)4)17-13-12-15-10-8-9-11-16(15)17/h15-17,19H,6-14H2,1-5H3. The summed E-state index contributed by atoms with van der Waals surface area (Å²) in [5.74, 6) is 2.16. The number of nitrogens with one attached hydrogen (secondary N) is 1. The molecule has 1 N–H and O–H groups in total. The lowest BCUT2D eigenvalue weighted by molar-refractivity contribution is 0.272. The van der Waals surface area contributed by atoms with Crippen LogP contribution < -0.4 is 4.98 Å². The summed E-state index contributed by atoms with van der Waals surface area (Å²) < 4.78 is 0. The van der Waals surface area contributed by atoms with Crippen molar-refractivity contribution in [3.8, 4) is 0 Å². The monoisotopic (exact) mass is 295 g/mol. The fourth-order valence-corrected chi connectivity index (χ4v) is 10.9. The van der Waals surface area contributed by atoms with Gasteiger partial charge < -0.3 is 4.98 Å². The number of hydrogen-bond donors (Lipinski definition) is 1. The summed E-state index contributed by atoms with van der Waals surface area (Å²) >= 11 is 0. The van der Waals surface area contributed by atoms with Crippen LogP contribution in [0.25, 0.3) is 0 Å². The molecule has 0 spiro atoms. The van der Waals surface area contributed by atoms with E-state index in [1.807, 2.05) is 0 Å². The summed E-state index contributed by atoms with van der Waals surface area (Å²) in [5, 5.41) is 0. The first-order valence-electron chi connectivity index (χ1n) is 9.15. The fraction of sp³-hybridized carbons (Fsp3) is 1.00. The van der Waals surface area contributed by atoms with Crippen molar-refractivity contribution < 1.29 is 0 Å². The van der Waals surface area contributed by atoms with E-state index in [1.54, 1.807) is 0 Å². The van der Waals surface area contributed by atoms with Crippen molar-refractivity contribution in [1.29, 1.82) is 0 Å². The van der Waals surface area contributed by atoms with Crippen LogP contribution in [0.15, 0.2) is 0 Å². The van der Waals surface area contributed by atoms with Crippen molar-refractivity contribution in [2.24, 2.45) is 11.8 Å². The molecule has 2 aliphatic rings. The zero-order chi connectivity index (χ0) is 14.8. The van der Waals surface area contributed by atoms with Crippen LogP contribution in [-0.2, 0) is 0 Å². The normalized spacial score (nSPS) is 33.8. The highest BCUT2D eigenvalue weighted by molar-refractivity contribution is 6.78. The molecule has 0 aliphatic heterocycles. The van der Waals surface area contributed by atoms with Gasteiger partial charge in [0.15, 0.2) is 0 Å². The van der Waals surface area contributed by atoms with Crippen molar-refractivity contribution in [3.63, 3.8) is 0 Å². The van der Waals surface area contributed by atoms with Gasteiger partial charge in [0.25, 0.3) is 0 Å². The second-order valence-electron chi connectivity index (χ2n) is 8.79. The second kappa shape index (κ2) is 6.52. The molecule has 4 atom stereocenters. The summed E-state index contributed by atoms with van der Waals surface area (Å²) in [7, 11) is -1.33. The topological polar surface area (TPSA) is 12.0 Å². The molecule has 0 aromatic heterocycles. The third-order valence-corrected chi connectivity index (χ3v) is 10.9. The van der Waals surface area contributed by atoms with E-state index in [2.05, 4.69) is 39.2 Å². The second-order valence-corrected chi connectivity index (χ2v) is 13.1. The molecule has 0 amide bonds. The van der Waals surface area contributed by atoms with Crippen LogP contribution in [0.5, 0.6) is 0 Å². The quantitative estimate of drug-likeness (QED) is 0.640. The Bertz CT molecular complexity index is 309. The Morgan fingerprint density at radius 2 is 1.75 bits per heavy atom. The highest BCUT2D eigenvalue weighted by Gasteiger charge is 2.48. The number of unbranched alkanes of at least 4 members (excludes halogenated alkanes) is 1. The Hall–Kier alpha value is 0.177. The molecule has 2 rings (SSSR count). The maximum atomic E-state index is 4.18. The fourth-order valence-electron chi connectivity index (χ4n) is 5.26. The Kier molecular flexibility index (Phi) is 5.39. The maximum absolute atomic E-state index is 4.18. The average Bonchev–Trinajstić information content (AvgIpc) is 2.79. The Labute approximate surface area is 128 Å². The number of hydrogen-bond acceptors (Lipinski definition) is 1. The molecule has 0 aromatic carbocycles. The summed E-state index contributed by atoms with van der Waals surface area (Å²) in [4.78, 5) is 4.18. The molecule has 2 heteroatoms. The molecule has 0 heterocycles. The van der Waals surface area contributed by atoms with Gasteiger partial charge in [0.2, 0.25) is 0 Å². The zero-order valence-corrected chi connectivity index (χ0v) is 15.6. The van der Waals surface area contributed by atoms with Crippen molar-refractivity contribution in [2.75, 3.05) is 0 Å². The van der Waals surface area contributed by atoms with E-state index in [1.165, 1.54) is 57.4 Å². The molecule has 118 valence electrons. The minimum Gasteiger partial charge on any atom is -0.332 e. The van der Waals surface area contributed by atoms with Gasteiger partial charge in [-0.2, -0.15) is 0 Å². The van der Waals surface area contributed by atoms with Crippen LogP contribution in [0, 0.1) is 11.8 Å². The van der Waals surface area contributed by atoms with Gasteiger partial charge in [0.05, 0.1) is 0 Å². The number of rotatable bonds is 5. The molecular formula is C18H37NSi. The summed E-state index contributed by atoms with van der Waals surface area (Å²) in [6.45, 7) is 12.1. The summed E-state index contributed by atoms with van der Waals surface area (Å²) in [6, 6.07) is 1.49. The molecule has 4 unspecified atom stereocenters. The highest BCUT2D eigenvalue weighted by Crippen LogP contribution is 2.53. The molecule has 0 saturated heterocycles. The van der Waals surface area contributed by atoms with Gasteiger partial charge in [-0.3, -0.25) is 0 Å². The van der Waals surface area contributed by atoms with Gasteiger partial charge >= 0.3 is 0 Å². The predicted octanol–water partition coefficient (Wildman–Crippen LogP) is 5.72. The Morgan fingerprint density at radius 1 is 1.05 bits per heavy atom. The smallest absolute Gasteiger partial charge is 0.126 e. The average molecular weight is 296 g/mol. The highest BCUT2D eigenvalue weighted by atomic mass is 28.3. The van der Waals surface area contributed by atoms with Gasteiger partial charge in [-0.15, -0.1) is 0 Å². The van der Waals surface area contributed by atoms with E-state index in [0.29, 0.717) is 5.54 Å². The molecule has 0 radical (unpaired) electrons. The van der Waals surface area contributed by atoms with E-state index in [-0.39, 0.29) is 0 Å². The lowest BCUT2D eigenvalue weighted by Crippen LogP contribution is -2.59. The first-order valence-corrected chi connectivity index (χ1v) is 11.9. The molecule has 2 saturated carbocycles. The van der Waals surface area contributed by atoms with E-state index in [0.717, 1.165) is 17.4 Å². The molecule has 0 aromatic rings. The lowest BCUT2D eigenvalue weighted by Gasteiger charge is -2.44. The van der Waals surface area contributed by atoms with Crippen molar-refractivity contribution in [3.05, 3.63) is 0 Å². The zero-order valence-electron chi connectivity index (χ0n) is 14.6. The third kappa shape index (κ3) is 3.88. The molecule has 1 nitrogen and oxygen atoms in total. The maximum Gasteiger partial charge on any atom is 0.126 e. The summed E-state index contributed by atoms with van der Waals surface area (Å²) in [6.07, 6.45) is 11.9. The minimum absolute atomic E-state index is 0.293. The van der Waals surface area contributed by atoms with Gasteiger partial charge in [0, 0.05) is 5.54 Å². The van der Waals surface area contributed by atoms with E-state index in [4.69, 9.17) is 0 Å². The van der Waals surface area contributed by atoms with Crippen molar-refractivity contribution in [1.82, 2.24) is 4.98 Å². The van der Waals surface area contributed by atoms with Gasteiger partial charge in [-0.1, -0.05) is 64.8 Å². The van der Waals surface area contributed by atoms with Crippen LogP contribution in [-0.4, -0.2) is 13.8 Å². The van der Waals surface area contributed by atoms with Crippen molar-refractivity contribution in [2.45, 2.75) is 103 Å². The molecule has 20 heavy (non-hydrogen) atoms. The Morgan fingerprint density at radius 3 is 2.40 bits per heavy atom. The Balaban J connectivity index is 2.13. The van der Waals surface area contributed by atoms with Crippen molar-refractivity contribution >= 4 is 8.24 Å². The van der Waals surface area contributed by atoms with Crippen LogP contribution in [0.1, 0.15) is 79.1 Å². The van der Waals surface area contributed by atoms with Crippen LogP contribution in [0.2, 0.25) is 18.1 Å². The van der Waals surface area contributed by atoms with Gasteiger partial charge in [-0.25, -0.2) is 0 Å². The van der Waals surface area contributed by atoms with E-state index in [9.17, 15) is 0 Å². The molecule has 2 fully saturated rings. The SMILES string of the molecule is CCCC[Si](C)(NC(C)(C)C)C1CCC2CCCCC21. The minimum atomic E-state index is -1.33. The third-order valence-electron chi connectivity index (χ3n) is 5.86. The largest absolute Gasteiger partial charge is 0.332 e. The summed E-state index contributed by atoms with van der Waals surface area (Å²) in [5.41, 5.74) is 1.35. The molecular weight excluding hydrogens is 258 g/mol. The predicted molar refractivity (Wildman–Crippen MR) is 92.7 cm³/mol. The van der Waals surface area contributed by atoms with Crippen LogP contribution in [0.4, 0.5) is 0 Å². The van der Waals surface area contributed by atoms with E-state index < -0.39 is 8.24 Å². The molecule has 2 aliphatic carbocycles. The first-order chi connectivity index (χ1) is 9.36. The van der Waals surface area contributed by atoms with Gasteiger partial charge in [0.1, 0.15) is 8.24 Å². The van der Waals surface area contributed by atoms with Crippen LogP contribution >= 0.6 is 0 Å². The lowest BCUT2D eigenvalue weighted by atomic mass is 9.82. The van der Waals surface area contributed by atoms with E-state index >= 15 is 0 Å². The number of fused-ring (bicyclic) bond motifs is 1.